The second-order valence-corrected chi connectivity index (χ2v) is 8.91. The monoisotopic (exact) mass is 487 g/mol. The molecule has 0 aliphatic heterocycles. The van der Waals surface area contributed by atoms with E-state index in [1.807, 2.05) is 65.2 Å². The van der Waals surface area contributed by atoms with Crippen molar-refractivity contribution in [1.29, 1.82) is 0 Å². The van der Waals surface area contributed by atoms with Crippen LogP contribution in [0.15, 0.2) is 90.1 Å². The van der Waals surface area contributed by atoms with Crippen LogP contribution in [0.3, 0.4) is 0 Å². The Morgan fingerprint density at radius 1 is 0.914 bits per heavy atom. The molecule has 8 nitrogen and oxygen atoms in total. The van der Waals surface area contributed by atoms with Crippen molar-refractivity contribution in [3.05, 3.63) is 101 Å². The highest BCUT2D eigenvalue weighted by molar-refractivity contribution is 7.99. The van der Waals surface area contributed by atoms with E-state index in [0.29, 0.717) is 18.8 Å². The van der Waals surface area contributed by atoms with Crippen LogP contribution in [0.5, 0.6) is 0 Å². The van der Waals surface area contributed by atoms with Gasteiger partial charge in [-0.1, -0.05) is 60.3 Å². The average molecular weight is 488 g/mol. The summed E-state index contributed by atoms with van der Waals surface area (Å²) in [4.78, 5) is 22.7. The van der Waals surface area contributed by atoms with Gasteiger partial charge in [0, 0.05) is 42.1 Å². The van der Waals surface area contributed by atoms with E-state index in [1.54, 1.807) is 23.9 Å². The lowest BCUT2D eigenvalue weighted by molar-refractivity contribution is -0.384. The van der Waals surface area contributed by atoms with Gasteiger partial charge in [-0.2, -0.15) is 0 Å². The second kappa shape index (κ2) is 11.9. The molecule has 1 amide bonds. The van der Waals surface area contributed by atoms with Crippen LogP contribution in [0.4, 0.5) is 5.69 Å². The third-order valence-corrected chi connectivity index (χ3v) is 6.36. The van der Waals surface area contributed by atoms with E-state index in [0.717, 1.165) is 40.6 Å². The van der Waals surface area contributed by atoms with Crippen molar-refractivity contribution in [1.82, 2.24) is 20.1 Å². The molecule has 0 bridgehead atoms. The number of benzene rings is 3. The summed E-state index contributed by atoms with van der Waals surface area (Å²) in [5.74, 6) is 1.46. The van der Waals surface area contributed by atoms with E-state index in [1.165, 1.54) is 12.1 Å². The highest BCUT2D eigenvalue weighted by atomic mass is 32.2. The molecule has 0 unspecified atom stereocenters. The molecule has 4 aromatic rings. The van der Waals surface area contributed by atoms with Gasteiger partial charge in [0.1, 0.15) is 0 Å². The molecular weight excluding hydrogens is 462 g/mol. The van der Waals surface area contributed by atoms with Crippen LogP contribution in [-0.4, -0.2) is 31.3 Å². The lowest BCUT2D eigenvalue weighted by Crippen LogP contribution is -2.22. The van der Waals surface area contributed by atoms with Gasteiger partial charge in [0.25, 0.3) is 5.69 Å². The molecule has 0 spiro atoms. The molecule has 0 aliphatic rings. The number of thioether (sulfide) groups is 1. The highest BCUT2D eigenvalue weighted by Crippen LogP contribution is 2.29. The van der Waals surface area contributed by atoms with Crippen molar-refractivity contribution in [3.8, 4) is 17.1 Å². The van der Waals surface area contributed by atoms with Crippen molar-refractivity contribution in [3.63, 3.8) is 0 Å². The summed E-state index contributed by atoms with van der Waals surface area (Å²) >= 11 is 1.58. The molecule has 3 aromatic carbocycles. The Bertz CT molecular complexity index is 1260. The van der Waals surface area contributed by atoms with E-state index in [4.69, 9.17) is 0 Å². The largest absolute Gasteiger partial charge is 0.352 e. The number of nitrogens with zero attached hydrogens (tertiary/aromatic N) is 4. The minimum Gasteiger partial charge on any atom is -0.352 e. The molecule has 0 radical (unpaired) electrons. The smallest absolute Gasteiger partial charge is 0.269 e. The number of amides is 1. The van der Waals surface area contributed by atoms with E-state index in [2.05, 4.69) is 15.5 Å². The molecule has 0 atom stereocenters. The van der Waals surface area contributed by atoms with Crippen LogP contribution in [-0.2, 0) is 11.3 Å². The first-order valence-electron chi connectivity index (χ1n) is 11.3. The Morgan fingerprint density at radius 3 is 2.29 bits per heavy atom. The molecule has 0 fully saturated rings. The highest BCUT2D eigenvalue weighted by Gasteiger charge is 2.17. The van der Waals surface area contributed by atoms with Gasteiger partial charge < -0.3 is 5.32 Å². The number of carbonyl (C=O) groups is 1. The molecule has 9 heteroatoms. The fourth-order valence-electron chi connectivity index (χ4n) is 3.53. The zero-order valence-corrected chi connectivity index (χ0v) is 19.9. The van der Waals surface area contributed by atoms with Crippen LogP contribution >= 0.6 is 11.8 Å². The Morgan fingerprint density at radius 2 is 1.60 bits per heavy atom. The summed E-state index contributed by atoms with van der Waals surface area (Å²) in [6, 6.07) is 25.9. The summed E-state index contributed by atoms with van der Waals surface area (Å²) in [5, 5.41) is 23.5. The molecule has 4 rings (SSSR count). The SMILES string of the molecule is O=C(CCCCSc1nnc(-c2ccc([N+](=O)[O-])cc2)n1-c1ccccc1)NCc1ccccc1. The Balaban J connectivity index is 1.36. The maximum atomic E-state index is 12.1. The number of non-ortho nitro benzene ring substituents is 1. The number of carbonyl (C=O) groups excluding carboxylic acids is 1. The normalized spacial score (nSPS) is 10.7. The third-order valence-electron chi connectivity index (χ3n) is 5.35. The predicted molar refractivity (Wildman–Crippen MR) is 136 cm³/mol. The van der Waals surface area contributed by atoms with Crippen molar-refractivity contribution in [2.45, 2.75) is 31.0 Å². The first kappa shape index (κ1) is 24.2. The summed E-state index contributed by atoms with van der Waals surface area (Å²) in [6.45, 7) is 0.542. The van der Waals surface area contributed by atoms with Crippen molar-refractivity contribution >= 4 is 23.4 Å². The van der Waals surface area contributed by atoms with Gasteiger partial charge >= 0.3 is 0 Å². The van der Waals surface area contributed by atoms with E-state index < -0.39 is 4.92 Å². The number of nitro benzene ring substituents is 1. The number of unbranched alkanes of at least 4 members (excludes halogenated alkanes) is 1. The van der Waals surface area contributed by atoms with Crippen molar-refractivity contribution < 1.29 is 9.72 Å². The van der Waals surface area contributed by atoms with Crippen molar-refractivity contribution in [2.24, 2.45) is 0 Å². The summed E-state index contributed by atoms with van der Waals surface area (Å²) < 4.78 is 1.96. The number of nitro groups is 1. The lowest BCUT2D eigenvalue weighted by atomic mass is 10.2. The first-order chi connectivity index (χ1) is 17.1. The lowest BCUT2D eigenvalue weighted by Gasteiger charge is -2.10. The number of nitrogens with one attached hydrogen (secondary N) is 1. The number of para-hydroxylation sites is 1. The number of aromatic nitrogens is 3. The van der Waals surface area contributed by atoms with Gasteiger partial charge in [0.2, 0.25) is 5.91 Å². The molecule has 1 N–H and O–H groups in total. The summed E-state index contributed by atoms with van der Waals surface area (Å²) in [5.41, 5.74) is 2.77. The van der Waals surface area contributed by atoms with E-state index in [9.17, 15) is 14.9 Å². The van der Waals surface area contributed by atoms with Crippen molar-refractivity contribution in [2.75, 3.05) is 5.75 Å². The number of hydrogen-bond acceptors (Lipinski definition) is 6. The van der Waals surface area contributed by atoms with E-state index >= 15 is 0 Å². The summed E-state index contributed by atoms with van der Waals surface area (Å²) in [7, 11) is 0. The average Bonchev–Trinajstić information content (AvgIpc) is 3.32. The zero-order valence-electron chi connectivity index (χ0n) is 19.0. The Hall–Kier alpha value is -3.98. The molecular formula is C26H25N5O3S. The second-order valence-electron chi connectivity index (χ2n) is 7.85. The molecule has 1 heterocycles. The standard InChI is InChI=1S/C26H25N5O3S/c32-24(27-19-20-9-3-1-4-10-20)13-7-8-18-35-26-29-28-25(30(26)22-11-5-2-6-12-22)21-14-16-23(17-15-21)31(33)34/h1-6,9-12,14-17H,7-8,13,18-19H2,(H,27,32). The molecule has 0 saturated carbocycles. The van der Waals surface area contributed by atoms with Gasteiger partial charge in [-0.3, -0.25) is 19.5 Å². The molecule has 0 aliphatic carbocycles. The Kier molecular flexibility index (Phi) is 8.24. The maximum Gasteiger partial charge on any atom is 0.269 e. The Labute approximate surface area is 207 Å². The molecule has 0 saturated heterocycles. The first-order valence-corrected chi connectivity index (χ1v) is 12.3. The molecule has 178 valence electrons. The van der Waals surface area contributed by atoms with Crippen LogP contribution in [0.1, 0.15) is 24.8 Å². The van der Waals surface area contributed by atoms with Gasteiger partial charge in [-0.05, 0) is 42.7 Å². The zero-order chi connectivity index (χ0) is 24.5. The maximum absolute atomic E-state index is 12.1. The van der Waals surface area contributed by atoms with Gasteiger partial charge in [0.05, 0.1) is 4.92 Å². The van der Waals surface area contributed by atoms with Crippen LogP contribution in [0.25, 0.3) is 17.1 Å². The number of rotatable bonds is 11. The van der Waals surface area contributed by atoms with E-state index in [-0.39, 0.29) is 11.6 Å². The minimum absolute atomic E-state index is 0.0296. The fourth-order valence-corrected chi connectivity index (χ4v) is 4.48. The van der Waals surface area contributed by atoms with Gasteiger partial charge in [-0.25, -0.2) is 0 Å². The van der Waals surface area contributed by atoms with Gasteiger partial charge in [-0.15, -0.1) is 10.2 Å². The molecule has 1 aromatic heterocycles. The summed E-state index contributed by atoms with van der Waals surface area (Å²) in [6.07, 6.45) is 2.12. The number of hydrogen-bond donors (Lipinski definition) is 1. The minimum atomic E-state index is -0.422. The van der Waals surface area contributed by atoms with Crippen LogP contribution in [0, 0.1) is 10.1 Å². The van der Waals surface area contributed by atoms with Crippen LogP contribution < -0.4 is 5.32 Å². The van der Waals surface area contributed by atoms with Gasteiger partial charge in [0.15, 0.2) is 11.0 Å². The van der Waals surface area contributed by atoms with Crippen LogP contribution in [0.2, 0.25) is 0 Å². The third kappa shape index (κ3) is 6.54. The topological polar surface area (TPSA) is 103 Å². The predicted octanol–water partition coefficient (Wildman–Crippen LogP) is 5.42. The fraction of sp³-hybridized carbons (Fsp3) is 0.192. The molecule has 35 heavy (non-hydrogen) atoms. The quantitative estimate of drug-likeness (QED) is 0.131.